The van der Waals surface area contributed by atoms with Crippen LogP contribution in [0.15, 0.2) is 297 Å². The zero-order chi connectivity index (χ0) is 61.9. The molecule has 20 rings (SSSR count). The lowest BCUT2D eigenvalue weighted by atomic mass is 9.97. The van der Waals surface area contributed by atoms with Gasteiger partial charge < -0.3 is 22.8 Å². The molecule has 0 aliphatic carbocycles. The lowest BCUT2D eigenvalue weighted by molar-refractivity contribution is 1.01. The summed E-state index contributed by atoms with van der Waals surface area (Å²) in [6, 6.07) is 109. The number of fused-ring (bicyclic) bond motifs is 18. The van der Waals surface area contributed by atoms with Gasteiger partial charge in [-0.25, -0.2) is 4.98 Å². The van der Waals surface area contributed by atoms with E-state index in [9.17, 15) is 10.5 Å². The van der Waals surface area contributed by atoms with Crippen LogP contribution in [0.25, 0.3) is 176 Å². The van der Waals surface area contributed by atoms with E-state index in [1.54, 1.807) is 6.07 Å². The number of benzene rings is 13. The number of pyridine rings is 1. The molecule has 0 atom stereocenters. The van der Waals surface area contributed by atoms with Gasteiger partial charge in [-0.1, -0.05) is 170 Å². The van der Waals surface area contributed by atoms with Gasteiger partial charge >= 0.3 is 0 Å². The molecule has 0 fully saturated rings. The molecule has 0 aliphatic heterocycles. The van der Waals surface area contributed by atoms with Crippen molar-refractivity contribution >= 4 is 131 Å². The Kier molecular flexibility index (Phi) is 10.8. The molecule has 0 radical (unpaired) electrons. The fourth-order valence-corrected chi connectivity index (χ4v) is 15.8. The van der Waals surface area contributed by atoms with Gasteiger partial charge in [-0.3, -0.25) is 4.57 Å². The molecule has 9 nitrogen and oxygen atoms in total. The van der Waals surface area contributed by atoms with Crippen LogP contribution in [0.1, 0.15) is 11.1 Å². The second kappa shape index (κ2) is 19.6. The normalized spacial score (nSPS) is 12.0. The summed E-state index contributed by atoms with van der Waals surface area (Å²) in [4.78, 5) is 5.92. The topological polar surface area (TPSA) is 90.0 Å². The molecule has 0 saturated heterocycles. The summed E-state index contributed by atoms with van der Waals surface area (Å²) in [6.45, 7) is 0. The van der Waals surface area contributed by atoms with Crippen LogP contribution in [-0.4, -0.2) is 32.4 Å². The van der Waals surface area contributed by atoms with E-state index >= 15 is 0 Å². The van der Waals surface area contributed by atoms with Crippen LogP contribution >= 0.6 is 0 Å². The molecule has 7 heterocycles. The average Bonchev–Trinajstić information content (AvgIpc) is 1.51. The standard InChI is InChI=1S/C85H49N9/c86-49-53-38-37-52(45-54(53)50-87)83-82(92-76-34-16-7-25-64(76)67-46-55(39-42-79(67)92)89-70-28-10-1-19-58(70)59-20-2-11-29-71(59)89)51-88-85(94-78-36-18-9-27-66(78)69-48-57(41-44-81(69)94)91-74-32-14-5-23-62(74)63-24-6-15-33-75(63)91)84(83)93-77-35-17-8-26-65(77)68-47-56(40-43-80(68)93)90-72-30-12-3-21-60(72)61-22-4-13-31-73(61)90/h1-48,51H. The SMILES string of the molecule is N#Cc1ccc(-c2c(-n3c4ccccc4c4cc(-n5c6ccccc6c6ccccc65)ccc43)cnc(-n3c4ccccc4c4cc(-n5c6ccccc6c6ccccc65)ccc43)c2-n2c3ccccc3c3cc(-n4c5ccccc5c5ccccc54)ccc32)cc1C#N. The van der Waals surface area contributed by atoms with Crippen molar-refractivity contribution in [2.75, 3.05) is 0 Å². The van der Waals surface area contributed by atoms with E-state index in [-0.39, 0.29) is 5.56 Å². The Balaban J connectivity index is 0.929. The highest BCUT2D eigenvalue weighted by atomic mass is 15.1. The summed E-state index contributed by atoms with van der Waals surface area (Å²) in [6.07, 6.45) is 2.03. The number of hydrogen-bond acceptors (Lipinski definition) is 3. The van der Waals surface area contributed by atoms with Crippen molar-refractivity contribution in [3.8, 4) is 57.5 Å². The lowest BCUT2D eigenvalue weighted by Crippen LogP contribution is -2.11. The quantitative estimate of drug-likeness (QED) is 0.159. The van der Waals surface area contributed by atoms with Gasteiger partial charge in [0.1, 0.15) is 12.1 Å². The first kappa shape index (κ1) is 51.7. The van der Waals surface area contributed by atoms with Gasteiger partial charge in [0.15, 0.2) is 5.82 Å². The molecule has 0 amide bonds. The van der Waals surface area contributed by atoms with Gasteiger partial charge in [-0.2, -0.15) is 10.5 Å². The maximum Gasteiger partial charge on any atom is 0.162 e. The average molecular weight is 1200 g/mol. The Hall–Kier alpha value is -13.2. The number of aromatic nitrogens is 7. The van der Waals surface area contributed by atoms with Crippen molar-refractivity contribution in [3.63, 3.8) is 0 Å². The summed E-state index contributed by atoms with van der Waals surface area (Å²) in [5.41, 5.74) is 19.5. The summed E-state index contributed by atoms with van der Waals surface area (Å²) in [5.74, 6) is 0.681. The molecule has 0 bridgehead atoms. The Labute approximate surface area is 536 Å². The molecule has 0 saturated carbocycles. The van der Waals surface area contributed by atoms with Gasteiger partial charge in [-0.15, -0.1) is 0 Å². The molecule has 94 heavy (non-hydrogen) atoms. The monoisotopic (exact) mass is 1200 g/mol. The first-order valence-corrected chi connectivity index (χ1v) is 31.6. The fraction of sp³-hybridized carbons (Fsp3) is 0. The zero-order valence-electron chi connectivity index (χ0n) is 50.3. The Morgan fingerprint density at radius 2 is 0.532 bits per heavy atom. The van der Waals surface area contributed by atoms with E-state index in [4.69, 9.17) is 4.98 Å². The Bertz CT molecular complexity index is 6620. The summed E-state index contributed by atoms with van der Waals surface area (Å²) in [7, 11) is 0. The smallest absolute Gasteiger partial charge is 0.162 e. The van der Waals surface area contributed by atoms with Crippen LogP contribution in [0.4, 0.5) is 0 Å². The molecule has 0 spiro atoms. The number of para-hydroxylation sites is 9. The van der Waals surface area contributed by atoms with Gasteiger partial charge in [0.2, 0.25) is 0 Å². The second-order valence-corrected chi connectivity index (χ2v) is 24.4. The van der Waals surface area contributed by atoms with Gasteiger partial charge in [0.05, 0.1) is 94.9 Å². The predicted molar refractivity (Wildman–Crippen MR) is 385 cm³/mol. The van der Waals surface area contributed by atoms with E-state index in [2.05, 4.69) is 313 Å². The van der Waals surface area contributed by atoms with Crippen molar-refractivity contribution in [2.45, 2.75) is 0 Å². The van der Waals surface area contributed by atoms with Gasteiger partial charge in [-0.05, 0) is 127 Å². The molecule has 0 N–H and O–H groups in total. The van der Waals surface area contributed by atoms with Crippen LogP contribution in [0.2, 0.25) is 0 Å². The van der Waals surface area contributed by atoms with E-state index in [0.29, 0.717) is 11.4 Å². The molecule has 20 aromatic rings. The molecule has 0 unspecified atom stereocenters. The Morgan fingerprint density at radius 1 is 0.245 bits per heavy atom. The molecule has 13 aromatic carbocycles. The van der Waals surface area contributed by atoms with Crippen molar-refractivity contribution in [1.29, 1.82) is 10.5 Å². The summed E-state index contributed by atoms with van der Waals surface area (Å²) in [5, 5.41) is 35.3. The van der Waals surface area contributed by atoms with Crippen molar-refractivity contribution < 1.29 is 0 Å². The minimum atomic E-state index is 0.279. The van der Waals surface area contributed by atoms with E-state index in [1.807, 2.05) is 18.3 Å². The van der Waals surface area contributed by atoms with Gasteiger partial charge in [0, 0.05) is 87.3 Å². The first-order valence-electron chi connectivity index (χ1n) is 31.6. The third kappa shape index (κ3) is 7.12. The number of hydrogen-bond donors (Lipinski definition) is 0. The predicted octanol–water partition coefficient (Wildman–Crippen LogP) is 21.1. The van der Waals surface area contributed by atoms with E-state index in [0.717, 1.165) is 138 Å². The van der Waals surface area contributed by atoms with E-state index < -0.39 is 0 Å². The number of nitriles is 2. The largest absolute Gasteiger partial charge is 0.309 e. The van der Waals surface area contributed by atoms with Crippen LogP contribution in [-0.2, 0) is 0 Å². The van der Waals surface area contributed by atoms with Crippen LogP contribution in [0, 0.1) is 22.7 Å². The third-order valence-electron chi connectivity index (χ3n) is 19.7. The molecule has 7 aromatic heterocycles. The highest BCUT2D eigenvalue weighted by Crippen LogP contribution is 2.48. The maximum atomic E-state index is 11.1. The third-order valence-corrected chi connectivity index (χ3v) is 19.7. The van der Waals surface area contributed by atoms with Crippen molar-refractivity contribution in [2.24, 2.45) is 0 Å². The van der Waals surface area contributed by atoms with Gasteiger partial charge in [0.25, 0.3) is 0 Å². The molecule has 9 heteroatoms. The highest BCUT2D eigenvalue weighted by Gasteiger charge is 2.30. The fourth-order valence-electron chi connectivity index (χ4n) is 15.8. The summed E-state index contributed by atoms with van der Waals surface area (Å²) < 4.78 is 14.3. The minimum absolute atomic E-state index is 0.279. The molecule has 434 valence electrons. The molecular weight excluding hydrogens is 1150 g/mol. The first-order chi connectivity index (χ1) is 46.6. The summed E-state index contributed by atoms with van der Waals surface area (Å²) >= 11 is 0. The van der Waals surface area contributed by atoms with Crippen LogP contribution in [0.3, 0.4) is 0 Å². The Morgan fingerprint density at radius 3 is 0.894 bits per heavy atom. The number of nitrogens with zero attached hydrogens (tertiary/aromatic N) is 9. The van der Waals surface area contributed by atoms with Crippen LogP contribution < -0.4 is 0 Å². The van der Waals surface area contributed by atoms with Crippen LogP contribution in [0.5, 0.6) is 0 Å². The van der Waals surface area contributed by atoms with E-state index in [1.165, 1.54) is 32.3 Å². The maximum absolute atomic E-state index is 11.1. The number of rotatable bonds is 7. The molecule has 0 aliphatic rings. The zero-order valence-corrected chi connectivity index (χ0v) is 50.3. The minimum Gasteiger partial charge on any atom is -0.309 e. The van der Waals surface area contributed by atoms with Crippen molar-refractivity contribution in [3.05, 3.63) is 309 Å². The van der Waals surface area contributed by atoms with Crippen molar-refractivity contribution in [1.82, 2.24) is 32.4 Å². The molecular formula is C85H49N9. The second-order valence-electron chi connectivity index (χ2n) is 24.4. The highest BCUT2D eigenvalue weighted by molar-refractivity contribution is 6.17. The lowest BCUT2D eigenvalue weighted by Gasteiger charge is -2.24.